The van der Waals surface area contributed by atoms with Crippen LogP contribution in [0.1, 0.15) is 88.0 Å². The molecule has 1 spiro atoms. The van der Waals surface area contributed by atoms with Crippen molar-refractivity contribution in [1.29, 1.82) is 0 Å². The molecule has 1 saturated heterocycles. The SMILES string of the molecule is CCC1C2=CC=NC2=C[NH+]1c1c2c(cc3c(=O)cc(C)oc13)CC(OOCC(O)(Cc1ccc(O)c3ccc(O)cc13)C(O)C(O)C(O)CO)C1(CC(C3CNC(=O)C3)CCC1CNC1CCCCC1)O2. The number of phenolic OH excluding ortho intramolecular Hbond substituents is 2. The van der Waals surface area contributed by atoms with E-state index in [9.17, 15) is 45.3 Å². The van der Waals surface area contributed by atoms with E-state index in [1.807, 2.05) is 6.08 Å². The Morgan fingerprint density at radius 3 is 2.56 bits per heavy atom. The largest absolute Gasteiger partial charge is 0.508 e. The Morgan fingerprint density at radius 1 is 0.986 bits per heavy atom. The molecule has 4 aliphatic heterocycles. The van der Waals surface area contributed by atoms with Gasteiger partial charge in [-0.15, -0.1) is 0 Å². The van der Waals surface area contributed by atoms with Crippen molar-refractivity contribution in [3.8, 4) is 17.2 Å². The first kappa shape index (κ1) is 49.4. The van der Waals surface area contributed by atoms with Gasteiger partial charge < -0.3 is 55.5 Å². The van der Waals surface area contributed by atoms with Crippen LogP contribution >= 0.6 is 0 Å². The molecule has 5 heterocycles. The zero-order valence-corrected chi connectivity index (χ0v) is 40.3. The lowest BCUT2D eigenvalue weighted by atomic mass is 9.63. The topological polar surface area (TPSA) is 257 Å². The number of phenols is 2. The Bertz CT molecular complexity index is 2820. The number of amides is 1. The fraction of sp³-hybridized carbons (Fsp3) is 0.537. The maximum absolute atomic E-state index is 14.0. The van der Waals surface area contributed by atoms with Crippen LogP contribution in [0.15, 0.2) is 80.2 Å². The number of fused-ring (bicyclic) bond motifs is 4. The number of aromatic hydroxyl groups is 2. The van der Waals surface area contributed by atoms with E-state index >= 15 is 0 Å². The highest BCUT2D eigenvalue weighted by atomic mass is 17.2. The van der Waals surface area contributed by atoms with E-state index in [1.165, 1.54) is 42.8 Å². The Morgan fingerprint density at radius 2 is 1.80 bits per heavy atom. The molecule has 0 radical (unpaired) electrons. The molecule has 4 aromatic rings. The van der Waals surface area contributed by atoms with Gasteiger partial charge in [0, 0.05) is 79.5 Å². The molecule has 10 rings (SSSR count). The van der Waals surface area contributed by atoms with Crippen molar-refractivity contribution in [2.75, 3.05) is 26.3 Å². The number of hydrogen-bond acceptors (Lipinski definition) is 15. The maximum Gasteiger partial charge on any atom is 0.222 e. The van der Waals surface area contributed by atoms with Gasteiger partial charge in [-0.2, -0.15) is 0 Å². The molecule has 2 saturated carbocycles. The number of nitrogens with one attached hydrogen (secondary N) is 3. The lowest BCUT2D eigenvalue weighted by Gasteiger charge is -2.53. The summed E-state index contributed by atoms with van der Waals surface area (Å²) in [5.41, 5.74) is 0.262. The molecule has 17 nitrogen and oxygen atoms in total. The second-order valence-electron chi connectivity index (χ2n) is 21.0. The van der Waals surface area contributed by atoms with Crippen LogP contribution in [0.25, 0.3) is 21.7 Å². The molecule has 3 aromatic carbocycles. The predicted molar refractivity (Wildman–Crippen MR) is 262 cm³/mol. The second kappa shape index (κ2) is 20.0. The Balaban J connectivity index is 1.09. The monoisotopic (exact) mass is 979 g/mol. The van der Waals surface area contributed by atoms with Crippen LogP contribution in [-0.2, 0) is 27.4 Å². The first-order valence-electron chi connectivity index (χ1n) is 25.4. The van der Waals surface area contributed by atoms with Crippen molar-refractivity contribution in [1.82, 2.24) is 10.6 Å². The van der Waals surface area contributed by atoms with E-state index in [-0.39, 0.29) is 53.1 Å². The molecule has 0 bridgehead atoms. The van der Waals surface area contributed by atoms with Crippen molar-refractivity contribution in [2.24, 2.45) is 22.7 Å². The predicted octanol–water partition coefficient (Wildman–Crippen LogP) is 3.34. The molecule has 6 aliphatic rings. The molecular weight excluding hydrogens is 913 g/mol. The van der Waals surface area contributed by atoms with E-state index in [4.69, 9.17) is 18.9 Å². The van der Waals surface area contributed by atoms with Crippen LogP contribution < -0.4 is 25.7 Å². The Kier molecular flexibility index (Phi) is 13.9. The van der Waals surface area contributed by atoms with Crippen LogP contribution in [-0.4, -0.2) is 122 Å². The van der Waals surface area contributed by atoms with Gasteiger partial charge in [-0.05, 0) is 98.2 Å². The van der Waals surface area contributed by atoms with E-state index < -0.39 is 55.3 Å². The first-order chi connectivity index (χ1) is 34.2. The van der Waals surface area contributed by atoms with Gasteiger partial charge in [-0.3, -0.25) is 19.5 Å². The van der Waals surface area contributed by atoms with E-state index in [1.54, 1.807) is 19.2 Å². The highest BCUT2D eigenvalue weighted by Crippen LogP contribution is 2.53. The summed E-state index contributed by atoms with van der Waals surface area (Å²) in [4.78, 5) is 45.3. The summed E-state index contributed by atoms with van der Waals surface area (Å²) in [5.74, 6) is 0.682. The Hall–Kier alpha value is -5.21. The number of ether oxygens (including phenoxy) is 1. The van der Waals surface area contributed by atoms with E-state index in [0.717, 1.165) is 61.1 Å². The van der Waals surface area contributed by atoms with Gasteiger partial charge in [0.15, 0.2) is 11.2 Å². The van der Waals surface area contributed by atoms with Gasteiger partial charge in [-0.1, -0.05) is 32.3 Å². The number of aliphatic hydroxyl groups is 5. The van der Waals surface area contributed by atoms with Gasteiger partial charge in [0.1, 0.15) is 77.4 Å². The van der Waals surface area contributed by atoms with Crippen LogP contribution in [0.3, 0.4) is 0 Å². The molecule has 2 aliphatic carbocycles. The van der Waals surface area contributed by atoms with Gasteiger partial charge in [0.05, 0.1) is 12.0 Å². The molecule has 17 heteroatoms. The van der Waals surface area contributed by atoms with Crippen LogP contribution in [0, 0.1) is 24.7 Å². The molecular formula is C54H67N4O13+. The van der Waals surface area contributed by atoms with Crippen LogP contribution in [0.5, 0.6) is 17.2 Å². The summed E-state index contributed by atoms with van der Waals surface area (Å²) in [6, 6.07) is 10.8. The van der Waals surface area contributed by atoms with Gasteiger partial charge in [0.2, 0.25) is 17.2 Å². The van der Waals surface area contributed by atoms with Gasteiger partial charge in [0.25, 0.3) is 0 Å². The number of benzene rings is 3. The lowest BCUT2D eigenvalue weighted by molar-refractivity contribution is -0.793. The quantitative estimate of drug-likeness (QED) is 0.0571. The highest BCUT2D eigenvalue weighted by molar-refractivity contribution is 5.92. The third-order valence-electron chi connectivity index (χ3n) is 16.5. The third kappa shape index (κ3) is 9.29. The number of carbonyl (C=O) groups excluding carboxylic acids is 1. The number of allylic oxidation sites excluding steroid dienone is 1. The minimum absolute atomic E-state index is 0.00269. The molecule has 380 valence electrons. The minimum Gasteiger partial charge on any atom is -0.508 e. The lowest BCUT2D eigenvalue weighted by Crippen LogP contribution is -3.05. The zero-order chi connectivity index (χ0) is 49.8. The number of aliphatic imine (C=N–C) groups is 1. The number of aliphatic hydroxyl groups excluding tert-OH is 4. The number of hydrogen-bond donors (Lipinski definition) is 10. The minimum atomic E-state index is -2.42. The zero-order valence-electron chi connectivity index (χ0n) is 40.3. The first-order valence-corrected chi connectivity index (χ1v) is 25.4. The van der Waals surface area contributed by atoms with Crippen LogP contribution in [0.4, 0.5) is 5.69 Å². The Labute approximate surface area is 411 Å². The van der Waals surface area contributed by atoms with Gasteiger partial charge in [-0.25, -0.2) is 9.78 Å². The third-order valence-corrected chi connectivity index (χ3v) is 16.5. The molecule has 11 unspecified atom stereocenters. The molecule has 71 heavy (non-hydrogen) atoms. The van der Waals surface area contributed by atoms with Crippen molar-refractivity contribution in [3.05, 3.63) is 93.1 Å². The summed E-state index contributed by atoms with van der Waals surface area (Å²) in [6.07, 6.45) is 7.43. The molecule has 1 amide bonds. The smallest absolute Gasteiger partial charge is 0.222 e. The summed E-state index contributed by atoms with van der Waals surface area (Å²) in [7, 11) is 0. The number of aryl methyl sites for hydroxylation is 1. The normalized spacial score (nSPS) is 28.5. The van der Waals surface area contributed by atoms with Crippen molar-refractivity contribution >= 4 is 39.6 Å². The number of carbonyl (C=O) groups is 1. The number of quaternary nitrogens is 1. The highest BCUT2D eigenvalue weighted by Gasteiger charge is 2.58. The fourth-order valence-corrected chi connectivity index (χ4v) is 12.7. The van der Waals surface area contributed by atoms with E-state index in [2.05, 4.69) is 28.7 Å². The summed E-state index contributed by atoms with van der Waals surface area (Å²) >= 11 is 0. The molecule has 1 aromatic heterocycles. The van der Waals surface area contributed by atoms with Crippen molar-refractivity contribution in [2.45, 2.75) is 139 Å². The van der Waals surface area contributed by atoms with Crippen molar-refractivity contribution < 1.29 is 64.4 Å². The van der Waals surface area contributed by atoms with Gasteiger partial charge >= 0.3 is 0 Å². The second-order valence-corrected chi connectivity index (χ2v) is 21.0. The molecule has 3 fully saturated rings. The summed E-state index contributed by atoms with van der Waals surface area (Å²) in [5, 5.41) is 85.1. The molecule has 10 N–H and O–H groups in total. The number of nitrogens with zero attached hydrogens (tertiary/aromatic N) is 1. The standard InChI is InChI=1S/C54H66N4O13/c1-3-42-38-15-16-55-41(38)26-58(42)48-50-32(18-40-44(62)17-29(2)69-51(40)48)19-46(54(70-50)23-30(33-20-47(64)57-24-33)9-11-34(54)25-56-35-7-5-4-6-8-35)71-68-28-53(67,52(66)49(65)45(63)27-59)22-31-10-14-43(61)37-13-12-36(60)21-39(31)37/h10,12-18,21,26,30,33-35,42,45-46,49,52,56,59-61,63,65-67H,3-9,11,19-20,22-25,27-28H2,1-2H3,(H,57,64)/p+1. The average molecular weight is 980 g/mol. The number of rotatable bonds is 16. The van der Waals surface area contributed by atoms with Crippen molar-refractivity contribution in [3.63, 3.8) is 0 Å². The fourth-order valence-electron chi connectivity index (χ4n) is 12.7. The summed E-state index contributed by atoms with van der Waals surface area (Å²) in [6.45, 7) is 3.30. The summed E-state index contributed by atoms with van der Waals surface area (Å²) < 4.78 is 14.3. The molecule has 11 atom stereocenters. The average Bonchev–Trinajstić information content (AvgIpc) is 4.10. The van der Waals surface area contributed by atoms with E-state index in [0.29, 0.717) is 82.0 Å². The maximum atomic E-state index is 14.0. The van der Waals surface area contributed by atoms with Crippen LogP contribution in [0.2, 0.25) is 0 Å².